The van der Waals surface area contributed by atoms with E-state index in [2.05, 4.69) is 11.3 Å². The highest BCUT2D eigenvalue weighted by Gasteiger charge is 2.47. The molecular weight excluding hydrogens is 236 g/mol. The second-order valence-corrected chi connectivity index (χ2v) is 5.61. The summed E-state index contributed by atoms with van der Waals surface area (Å²) in [6.07, 6.45) is -0.598. The van der Waals surface area contributed by atoms with Crippen LogP contribution in [0.3, 0.4) is 0 Å². The molecule has 0 saturated carbocycles. The number of carbonyl (C=O) groups excluding carboxylic acids is 2. The maximum absolute atomic E-state index is 11.8. The maximum Gasteiger partial charge on any atom is 0.513 e. The van der Waals surface area contributed by atoms with Crippen molar-refractivity contribution in [1.82, 2.24) is 0 Å². The van der Waals surface area contributed by atoms with Gasteiger partial charge in [0.2, 0.25) is 0 Å². The minimum absolute atomic E-state index is 0.447. The molecule has 1 unspecified atom stereocenters. The van der Waals surface area contributed by atoms with Gasteiger partial charge in [-0.1, -0.05) is 27.4 Å². The van der Waals surface area contributed by atoms with E-state index in [1.165, 1.54) is 7.11 Å². The normalized spacial score (nSPS) is 13.4. The van der Waals surface area contributed by atoms with Crippen molar-refractivity contribution in [3.05, 3.63) is 12.8 Å². The Bertz CT molecular complexity index is 325. The first-order chi connectivity index (χ1) is 8.07. The Morgan fingerprint density at radius 1 is 1.17 bits per heavy atom. The van der Waals surface area contributed by atoms with Gasteiger partial charge in [0.15, 0.2) is 0 Å². The average molecular weight is 258 g/mol. The highest BCUT2D eigenvalue weighted by Crippen LogP contribution is 2.37. The molecule has 104 valence electrons. The number of rotatable bonds is 4. The third-order valence-corrected chi connectivity index (χ3v) is 2.55. The van der Waals surface area contributed by atoms with Crippen molar-refractivity contribution >= 4 is 12.1 Å². The fraction of sp³-hybridized carbons (Fsp3) is 0.692. The van der Waals surface area contributed by atoms with Crippen LogP contribution in [0, 0.1) is 10.8 Å². The van der Waals surface area contributed by atoms with Gasteiger partial charge in [0.1, 0.15) is 6.10 Å². The zero-order valence-corrected chi connectivity index (χ0v) is 11.9. The molecule has 0 aliphatic carbocycles. The molecule has 18 heavy (non-hydrogen) atoms. The smallest absolute Gasteiger partial charge is 0.468 e. The first-order valence-corrected chi connectivity index (χ1v) is 5.64. The van der Waals surface area contributed by atoms with Crippen LogP contribution in [0.4, 0.5) is 4.79 Å². The minimum Gasteiger partial charge on any atom is -0.468 e. The van der Waals surface area contributed by atoms with Crippen molar-refractivity contribution in [1.29, 1.82) is 0 Å². The number of methoxy groups -OCH3 is 1. The van der Waals surface area contributed by atoms with Gasteiger partial charge in [-0.05, 0) is 13.8 Å². The molecule has 0 aliphatic rings. The summed E-state index contributed by atoms with van der Waals surface area (Å²) in [4.78, 5) is 23.2. The summed E-state index contributed by atoms with van der Waals surface area (Å²) < 4.78 is 14.5. The molecular formula is C13H22O5. The molecule has 0 bridgehead atoms. The lowest BCUT2D eigenvalue weighted by Crippen LogP contribution is -2.48. The van der Waals surface area contributed by atoms with Crippen molar-refractivity contribution in [2.24, 2.45) is 10.8 Å². The maximum atomic E-state index is 11.8. The topological polar surface area (TPSA) is 61.8 Å². The van der Waals surface area contributed by atoms with Gasteiger partial charge in [-0.25, -0.2) is 4.79 Å². The molecule has 0 fully saturated rings. The van der Waals surface area contributed by atoms with Crippen molar-refractivity contribution in [3.63, 3.8) is 0 Å². The molecule has 0 aliphatic heterocycles. The zero-order chi connectivity index (χ0) is 14.6. The van der Waals surface area contributed by atoms with Gasteiger partial charge in [0.25, 0.3) is 0 Å². The van der Waals surface area contributed by atoms with E-state index in [-0.39, 0.29) is 0 Å². The third-order valence-electron chi connectivity index (χ3n) is 2.55. The average Bonchev–Trinajstić information content (AvgIpc) is 2.23. The van der Waals surface area contributed by atoms with Crippen LogP contribution in [-0.2, 0) is 19.0 Å². The van der Waals surface area contributed by atoms with Crippen LogP contribution in [0.25, 0.3) is 0 Å². The Labute approximate surface area is 108 Å². The van der Waals surface area contributed by atoms with E-state index in [0.29, 0.717) is 0 Å². The SMILES string of the molecule is C=COC(=O)OC(C(C)(C)C)C(C)(C)C(=O)OC. The van der Waals surface area contributed by atoms with Gasteiger partial charge in [-0.2, -0.15) is 0 Å². The van der Waals surface area contributed by atoms with Crippen molar-refractivity contribution < 1.29 is 23.8 Å². The summed E-state index contributed by atoms with van der Waals surface area (Å²) >= 11 is 0. The number of esters is 1. The number of hydrogen-bond acceptors (Lipinski definition) is 5. The summed E-state index contributed by atoms with van der Waals surface area (Å²) in [5.74, 6) is -0.450. The molecule has 0 rings (SSSR count). The van der Waals surface area contributed by atoms with E-state index in [4.69, 9.17) is 9.47 Å². The Kier molecular flexibility index (Phi) is 5.39. The van der Waals surface area contributed by atoms with E-state index in [0.717, 1.165) is 6.26 Å². The van der Waals surface area contributed by atoms with Crippen molar-refractivity contribution in [2.45, 2.75) is 40.7 Å². The first-order valence-electron chi connectivity index (χ1n) is 5.64. The largest absolute Gasteiger partial charge is 0.513 e. The standard InChI is InChI=1S/C13H22O5/c1-8-17-11(15)18-9(12(2,3)4)13(5,6)10(14)16-7/h8-9H,1H2,2-7H3. The van der Waals surface area contributed by atoms with Crippen LogP contribution in [0.15, 0.2) is 12.8 Å². The molecule has 0 N–H and O–H groups in total. The number of hydrogen-bond donors (Lipinski definition) is 0. The monoisotopic (exact) mass is 258 g/mol. The lowest BCUT2D eigenvalue weighted by molar-refractivity contribution is -0.163. The third kappa shape index (κ3) is 4.05. The first kappa shape index (κ1) is 16.5. The second-order valence-electron chi connectivity index (χ2n) is 5.61. The minimum atomic E-state index is -0.979. The molecule has 0 radical (unpaired) electrons. The summed E-state index contributed by atoms with van der Waals surface area (Å²) in [5, 5.41) is 0. The fourth-order valence-electron chi connectivity index (χ4n) is 1.97. The van der Waals surface area contributed by atoms with Gasteiger partial charge in [0, 0.05) is 5.41 Å². The summed E-state index contributed by atoms with van der Waals surface area (Å²) in [5.41, 5.74) is -1.43. The van der Waals surface area contributed by atoms with Crippen LogP contribution in [0.1, 0.15) is 34.6 Å². The quantitative estimate of drug-likeness (QED) is 0.573. The fourth-order valence-corrected chi connectivity index (χ4v) is 1.97. The lowest BCUT2D eigenvalue weighted by atomic mass is 9.73. The van der Waals surface area contributed by atoms with Gasteiger partial charge in [0.05, 0.1) is 18.8 Å². The van der Waals surface area contributed by atoms with Crippen molar-refractivity contribution in [2.75, 3.05) is 7.11 Å². The molecule has 5 nitrogen and oxygen atoms in total. The molecule has 0 heterocycles. The molecule has 0 aromatic heterocycles. The summed E-state index contributed by atoms with van der Waals surface area (Å²) in [7, 11) is 1.30. The zero-order valence-electron chi connectivity index (χ0n) is 11.9. The molecule has 0 amide bonds. The number of ether oxygens (including phenoxy) is 3. The lowest BCUT2D eigenvalue weighted by Gasteiger charge is -2.39. The van der Waals surface area contributed by atoms with Crippen LogP contribution in [0.5, 0.6) is 0 Å². The van der Waals surface area contributed by atoms with Crippen LogP contribution in [0.2, 0.25) is 0 Å². The van der Waals surface area contributed by atoms with Gasteiger partial charge < -0.3 is 14.2 Å². The number of carbonyl (C=O) groups is 2. The van der Waals surface area contributed by atoms with Gasteiger partial charge in [-0.15, -0.1) is 0 Å². The predicted molar refractivity (Wildman–Crippen MR) is 66.8 cm³/mol. The van der Waals surface area contributed by atoms with E-state index >= 15 is 0 Å². The Morgan fingerprint density at radius 2 is 1.67 bits per heavy atom. The molecule has 0 aromatic rings. The van der Waals surface area contributed by atoms with Gasteiger partial charge in [-0.3, -0.25) is 4.79 Å². The molecule has 5 heteroatoms. The highest BCUT2D eigenvalue weighted by molar-refractivity contribution is 5.77. The highest BCUT2D eigenvalue weighted by atomic mass is 16.7. The summed E-state index contributed by atoms with van der Waals surface area (Å²) in [6.45, 7) is 12.2. The van der Waals surface area contributed by atoms with Gasteiger partial charge >= 0.3 is 12.1 Å². The van der Waals surface area contributed by atoms with Crippen LogP contribution >= 0.6 is 0 Å². The molecule has 1 atom stereocenters. The Hall–Kier alpha value is -1.52. The summed E-state index contributed by atoms with van der Waals surface area (Å²) in [6, 6.07) is 0. The van der Waals surface area contributed by atoms with Crippen LogP contribution < -0.4 is 0 Å². The predicted octanol–water partition coefficient (Wildman–Crippen LogP) is 2.90. The van der Waals surface area contributed by atoms with E-state index < -0.39 is 29.1 Å². The molecule has 0 spiro atoms. The van der Waals surface area contributed by atoms with Crippen molar-refractivity contribution in [3.8, 4) is 0 Å². The molecule has 0 saturated heterocycles. The van der Waals surface area contributed by atoms with E-state index in [1.54, 1.807) is 13.8 Å². The molecule has 0 aromatic carbocycles. The second kappa shape index (κ2) is 5.89. The van der Waals surface area contributed by atoms with Crippen LogP contribution in [-0.4, -0.2) is 25.3 Å². The van der Waals surface area contributed by atoms with E-state index in [9.17, 15) is 9.59 Å². The Morgan fingerprint density at radius 3 is 2.00 bits per heavy atom. The van der Waals surface area contributed by atoms with E-state index in [1.807, 2.05) is 20.8 Å². The Balaban J connectivity index is 5.19.